The van der Waals surface area contributed by atoms with Gasteiger partial charge in [0.25, 0.3) is 0 Å². The molecule has 0 aromatic carbocycles. The van der Waals surface area contributed by atoms with Crippen molar-refractivity contribution in [2.75, 3.05) is 6.61 Å². The molecule has 2 heteroatoms. The van der Waals surface area contributed by atoms with Gasteiger partial charge < -0.3 is 10.5 Å². The van der Waals surface area contributed by atoms with Gasteiger partial charge in [-0.05, 0) is 25.7 Å². The molecule has 64 valence electrons. The number of rotatable bonds is 3. The van der Waals surface area contributed by atoms with Crippen LogP contribution in [-0.4, -0.2) is 18.8 Å². The van der Waals surface area contributed by atoms with Gasteiger partial charge in [-0.3, -0.25) is 0 Å². The summed E-state index contributed by atoms with van der Waals surface area (Å²) >= 11 is 0. The lowest BCUT2D eigenvalue weighted by molar-refractivity contribution is 0.0411. The van der Waals surface area contributed by atoms with E-state index in [0.29, 0.717) is 18.8 Å². The van der Waals surface area contributed by atoms with Gasteiger partial charge in [0.1, 0.15) is 0 Å². The van der Waals surface area contributed by atoms with Crippen molar-refractivity contribution in [1.82, 2.24) is 0 Å². The van der Waals surface area contributed by atoms with Crippen LogP contribution in [0, 0.1) is 0 Å². The van der Waals surface area contributed by atoms with Gasteiger partial charge in [-0.2, -0.15) is 0 Å². The number of hydrogen-bond acceptors (Lipinski definition) is 2. The summed E-state index contributed by atoms with van der Waals surface area (Å²) in [5, 5.41) is 0. The molecule has 0 heterocycles. The van der Waals surface area contributed by atoms with Crippen LogP contribution in [0.25, 0.3) is 0 Å². The lowest BCUT2D eigenvalue weighted by atomic mass is 9.94. The fourth-order valence-electron chi connectivity index (χ4n) is 1.54. The van der Waals surface area contributed by atoms with Crippen molar-refractivity contribution >= 4 is 0 Å². The molecule has 0 bridgehead atoms. The fourth-order valence-corrected chi connectivity index (χ4v) is 1.54. The zero-order chi connectivity index (χ0) is 8.10. The minimum atomic E-state index is 0.360. The molecule has 1 aliphatic rings. The molecular weight excluding hydrogens is 138 g/mol. The van der Waals surface area contributed by atoms with Crippen molar-refractivity contribution < 1.29 is 4.74 Å². The summed E-state index contributed by atoms with van der Waals surface area (Å²) in [7, 11) is 0. The molecule has 0 aromatic heterocycles. The summed E-state index contributed by atoms with van der Waals surface area (Å²) in [6, 6.07) is 0.360. The van der Waals surface area contributed by atoms with Gasteiger partial charge in [0.05, 0.1) is 12.7 Å². The van der Waals surface area contributed by atoms with Gasteiger partial charge in [0.2, 0.25) is 0 Å². The normalized spacial score (nSPS) is 31.7. The number of ether oxygens (including phenoxy) is 1. The van der Waals surface area contributed by atoms with Crippen LogP contribution in [0.4, 0.5) is 0 Å². The summed E-state index contributed by atoms with van der Waals surface area (Å²) < 4.78 is 5.50. The second-order valence-electron chi connectivity index (χ2n) is 3.17. The molecule has 11 heavy (non-hydrogen) atoms. The first-order valence-electron chi connectivity index (χ1n) is 4.31. The van der Waals surface area contributed by atoms with E-state index in [4.69, 9.17) is 10.5 Å². The van der Waals surface area contributed by atoms with Crippen molar-refractivity contribution in [3.8, 4) is 0 Å². The Morgan fingerprint density at radius 3 is 3.00 bits per heavy atom. The van der Waals surface area contributed by atoms with E-state index in [2.05, 4.69) is 6.58 Å². The highest BCUT2D eigenvalue weighted by atomic mass is 16.5. The van der Waals surface area contributed by atoms with Crippen LogP contribution >= 0.6 is 0 Å². The molecule has 1 fully saturated rings. The summed E-state index contributed by atoms with van der Waals surface area (Å²) in [6.07, 6.45) is 6.74. The van der Waals surface area contributed by atoms with Crippen molar-refractivity contribution in [3.63, 3.8) is 0 Å². The summed E-state index contributed by atoms with van der Waals surface area (Å²) in [5.41, 5.74) is 5.79. The zero-order valence-electron chi connectivity index (χ0n) is 6.96. The number of hydrogen-bond donors (Lipinski definition) is 1. The van der Waals surface area contributed by atoms with Gasteiger partial charge in [0, 0.05) is 6.04 Å². The molecule has 2 nitrogen and oxygen atoms in total. The highest BCUT2D eigenvalue weighted by Gasteiger charge is 2.18. The van der Waals surface area contributed by atoms with E-state index in [1.807, 2.05) is 0 Å². The van der Waals surface area contributed by atoms with Gasteiger partial charge in [0.15, 0.2) is 0 Å². The molecule has 1 saturated carbocycles. The monoisotopic (exact) mass is 155 g/mol. The Hall–Kier alpha value is -0.340. The van der Waals surface area contributed by atoms with Crippen LogP contribution in [0.15, 0.2) is 12.7 Å². The smallest absolute Gasteiger partial charge is 0.0648 e. The van der Waals surface area contributed by atoms with Crippen LogP contribution < -0.4 is 5.73 Å². The van der Waals surface area contributed by atoms with Crippen molar-refractivity contribution in [2.45, 2.75) is 37.8 Å². The van der Waals surface area contributed by atoms with Crippen molar-refractivity contribution in [2.24, 2.45) is 5.73 Å². The first-order valence-corrected chi connectivity index (χ1v) is 4.31. The Labute approximate surface area is 68.4 Å². The highest BCUT2D eigenvalue weighted by molar-refractivity contribution is 4.76. The third-order valence-corrected chi connectivity index (χ3v) is 2.12. The first kappa shape index (κ1) is 8.75. The minimum absolute atomic E-state index is 0.360. The van der Waals surface area contributed by atoms with Crippen LogP contribution in [0.3, 0.4) is 0 Å². The Morgan fingerprint density at radius 2 is 2.36 bits per heavy atom. The lowest BCUT2D eigenvalue weighted by Gasteiger charge is -2.26. The van der Waals surface area contributed by atoms with Gasteiger partial charge in [-0.15, -0.1) is 6.58 Å². The van der Waals surface area contributed by atoms with E-state index in [1.165, 1.54) is 12.8 Å². The Balaban J connectivity index is 2.17. The van der Waals surface area contributed by atoms with Crippen LogP contribution in [-0.2, 0) is 4.74 Å². The molecule has 1 aliphatic carbocycles. The maximum Gasteiger partial charge on any atom is 0.0648 e. The fraction of sp³-hybridized carbons (Fsp3) is 0.778. The topological polar surface area (TPSA) is 35.2 Å². The highest BCUT2D eigenvalue weighted by Crippen LogP contribution is 2.19. The van der Waals surface area contributed by atoms with Gasteiger partial charge in [-0.1, -0.05) is 6.08 Å². The molecule has 2 N–H and O–H groups in total. The Bertz CT molecular complexity index is 125. The molecule has 0 radical (unpaired) electrons. The Kier molecular flexibility index (Phi) is 3.60. The maximum absolute atomic E-state index is 5.79. The van der Waals surface area contributed by atoms with E-state index in [9.17, 15) is 0 Å². The molecule has 0 spiro atoms. The lowest BCUT2D eigenvalue weighted by Crippen LogP contribution is -2.32. The molecule has 1 rings (SSSR count). The quantitative estimate of drug-likeness (QED) is 0.626. The molecule has 0 unspecified atom stereocenters. The van der Waals surface area contributed by atoms with Crippen LogP contribution in [0.2, 0.25) is 0 Å². The average Bonchev–Trinajstić information content (AvgIpc) is 2.01. The standard InChI is InChI=1S/C9H17NO/c1-2-6-11-9-5-3-4-8(10)7-9/h2,8-9H,1,3-7,10H2/t8-,9-/m0/s1. The molecule has 0 amide bonds. The van der Waals surface area contributed by atoms with E-state index >= 15 is 0 Å². The van der Waals surface area contributed by atoms with E-state index < -0.39 is 0 Å². The van der Waals surface area contributed by atoms with Crippen molar-refractivity contribution in [1.29, 1.82) is 0 Å². The van der Waals surface area contributed by atoms with E-state index in [1.54, 1.807) is 6.08 Å². The second-order valence-corrected chi connectivity index (χ2v) is 3.17. The first-order chi connectivity index (χ1) is 5.33. The summed E-state index contributed by atoms with van der Waals surface area (Å²) in [5.74, 6) is 0. The molecule has 0 saturated heterocycles. The Morgan fingerprint density at radius 1 is 1.55 bits per heavy atom. The van der Waals surface area contributed by atoms with Crippen LogP contribution in [0.1, 0.15) is 25.7 Å². The van der Waals surface area contributed by atoms with E-state index in [0.717, 1.165) is 12.8 Å². The van der Waals surface area contributed by atoms with Crippen molar-refractivity contribution in [3.05, 3.63) is 12.7 Å². The molecule has 0 aliphatic heterocycles. The molecular formula is C9H17NO. The summed E-state index contributed by atoms with van der Waals surface area (Å²) in [4.78, 5) is 0. The zero-order valence-corrected chi connectivity index (χ0v) is 6.96. The van der Waals surface area contributed by atoms with Crippen LogP contribution in [0.5, 0.6) is 0 Å². The predicted octanol–water partition coefficient (Wildman–Crippen LogP) is 1.46. The predicted molar refractivity (Wildman–Crippen MR) is 46.4 cm³/mol. The largest absolute Gasteiger partial charge is 0.374 e. The average molecular weight is 155 g/mol. The maximum atomic E-state index is 5.79. The van der Waals surface area contributed by atoms with E-state index in [-0.39, 0.29) is 0 Å². The second kappa shape index (κ2) is 4.52. The molecule has 2 atom stereocenters. The van der Waals surface area contributed by atoms with Gasteiger partial charge in [-0.25, -0.2) is 0 Å². The van der Waals surface area contributed by atoms with Gasteiger partial charge >= 0.3 is 0 Å². The molecule has 0 aromatic rings. The summed E-state index contributed by atoms with van der Waals surface area (Å²) in [6.45, 7) is 4.27. The third-order valence-electron chi connectivity index (χ3n) is 2.12. The third kappa shape index (κ3) is 3.04. The SMILES string of the molecule is C=CCO[C@H]1CCC[C@H](N)C1. The minimum Gasteiger partial charge on any atom is -0.374 e. The number of nitrogens with two attached hydrogens (primary N) is 1.